The first kappa shape index (κ1) is 11.3. The van der Waals surface area contributed by atoms with Crippen molar-refractivity contribution in [3.63, 3.8) is 0 Å². The van der Waals surface area contributed by atoms with Gasteiger partial charge >= 0.3 is 0 Å². The van der Waals surface area contributed by atoms with Crippen molar-refractivity contribution in [2.75, 3.05) is 5.75 Å². The molecule has 0 spiro atoms. The third-order valence-corrected chi connectivity index (χ3v) is 2.13. The van der Waals surface area contributed by atoms with E-state index >= 15 is 0 Å². The van der Waals surface area contributed by atoms with Gasteiger partial charge in [0.15, 0.2) is 0 Å². The normalized spacial score (nSPS) is 11.1. The van der Waals surface area contributed by atoms with E-state index in [9.17, 15) is 4.39 Å². The third-order valence-electron chi connectivity index (χ3n) is 1.87. The van der Waals surface area contributed by atoms with Gasteiger partial charge in [-0.15, -0.1) is 0 Å². The van der Waals surface area contributed by atoms with Gasteiger partial charge in [0.05, 0.1) is 6.61 Å². The van der Waals surface area contributed by atoms with Crippen LogP contribution in [0.15, 0.2) is 24.3 Å². The van der Waals surface area contributed by atoms with Crippen LogP contribution in [-0.4, -0.2) is 10.9 Å². The molecule has 0 aliphatic rings. The van der Waals surface area contributed by atoms with Crippen LogP contribution in [0.1, 0.15) is 17.5 Å². The number of halogens is 1. The van der Waals surface area contributed by atoms with Crippen LogP contribution in [0.3, 0.4) is 0 Å². The van der Waals surface area contributed by atoms with Gasteiger partial charge in [0.1, 0.15) is 5.82 Å². The maximum atomic E-state index is 12.9. The first-order valence-corrected chi connectivity index (χ1v) is 5.08. The van der Waals surface area contributed by atoms with Gasteiger partial charge in [-0.2, -0.15) is 12.6 Å². The lowest BCUT2D eigenvalue weighted by Gasteiger charge is -2.02. The molecule has 1 aromatic carbocycles. The third kappa shape index (κ3) is 3.16. The SMILES string of the molecule is OCc1ccc(F)cc1C=CCCS. The summed E-state index contributed by atoms with van der Waals surface area (Å²) in [4.78, 5) is 0. The Morgan fingerprint density at radius 3 is 2.86 bits per heavy atom. The molecule has 0 heterocycles. The average Bonchev–Trinajstić information content (AvgIpc) is 2.19. The van der Waals surface area contributed by atoms with Crippen molar-refractivity contribution in [3.8, 4) is 0 Å². The van der Waals surface area contributed by atoms with E-state index in [-0.39, 0.29) is 12.4 Å². The fraction of sp³-hybridized carbons (Fsp3) is 0.273. The van der Waals surface area contributed by atoms with E-state index in [0.717, 1.165) is 23.3 Å². The Bertz CT molecular complexity index is 323. The lowest BCUT2D eigenvalue weighted by Crippen LogP contribution is -1.89. The minimum Gasteiger partial charge on any atom is -0.392 e. The van der Waals surface area contributed by atoms with E-state index in [4.69, 9.17) is 5.11 Å². The Morgan fingerprint density at radius 2 is 2.21 bits per heavy atom. The number of hydrogen-bond acceptors (Lipinski definition) is 2. The molecule has 0 radical (unpaired) electrons. The highest BCUT2D eigenvalue weighted by Gasteiger charge is 1.99. The molecule has 0 amide bonds. The first-order valence-electron chi connectivity index (χ1n) is 4.44. The summed E-state index contributed by atoms with van der Waals surface area (Å²) in [6.45, 7) is -0.0686. The van der Waals surface area contributed by atoms with E-state index in [1.807, 2.05) is 12.2 Å². The Hall–Kier alpha value is -0.800. The van der Waals surface area contributed by atoms with Crippen LogP contribution >= 0.6 is 12.6 Å². The molecule has 0 bridgehead atoms. The zero-order valence-corrected chi connectivity index (χ0v) is 8.67. The highest BCUT2D eigenvalue weighted by atomic mass is 32.1. The highest BCUT2D eigenvalue weighted by Crippen LogP contribution is 2.13. The summed E-state index contributed by atoms with van der Waals surface area (Å²) >= 11 is 4.06. The predicted octanol–water partition coefficient (Wildman–Crippen LogP) is 2.65. The fourth-order valence-corrected chi connectivity index (χ4v) is 1.30. The van der Waals surface area contributed by atoms with Crippen molar-refractivity contribution in [3.05, 3.63) is 41.2 Å². The van der Waals surface area contributed by atoms with Crippen LogP contribution in [0.2, 0.25) is 0 Å². The second-order valence-electron chi connectivity index (χ2n) is 2.92. The number of thiol groups is 1. The highest BCUT2D eigenvalue weighted by molar-refractivity contribution is 7.80. The van der Waals surface area contributed by atoms with E-state index < -0.39 is 0 Å². The number of hydrogen-bond donors (Lipinski definition) is 2. The summed E-state index contributed by atoms with van der Waals surface area (Å²) in [6.07, 6.45) is 4.57. The van der Waals surface area contributed by atoms with Gasteiger partial charge in [0.25, 0.3) is 0 Å². The fourth-order valence-electron chi connectivity index (χ4n) is 1.15. The molecule has 0 aliphatic heterocycles. The molecule has 14 heavy (non-hydrogen) atoms. The summed E-state index contributed by atoms with van der Waals surface area (Å²) in [6, 6.07) is 4.36. The number of aliphatic hydroxyl groups excluding tert-OH is 1. The molecule has 0 atom stereocenters. The van der Waals surface area contributed by atoms with Crippen LogP contribution in [0, 0.1) is 5.82 Å². The molecule has 3 heteroatoms. The summed E-state index contributed by atoms with van der Waals surface area (Å²) < 4.78 is 12.9. The maximum Gasteiger partial charge on any atom is 0.123 e. The molecule has 0 aliphatic carbocycles. The number of rotatable bonds is 4. The topological polar surface area (TPSA) is 20.2 Å². The zero-order chi connectivity index (χ0) is 10.4. The Morgan fingerprint density at radius 1 is 1.43 bits per heavy atom. The minimum atomic E-state index is -0.285. The molecular formula is C11H13FOS. The summed E-state index contributed by atoms with van der Waals surface area (Å²) in [5.41, 5.74) is 1.47. The molecule has 1 rings (SSSR count). The van der Waals surface area contributed by atoms with Crippen molar-refractivity contribution < 1.29 is 9.50 Å². The monoisotopic (exact) mass is 212 g/mol. The molecule has 1 aromatic rings. The molecule has 0 saturated heterocycles. The van der Waals surface area contributed by atoms with Crippen LogP contribution < -0.4 is 0 Å². The van der Waals surface area contributed by atoms with Crippen LogP contribution in [0.5, 0.6) is 0 Å². The van der Waals surface area contributed by atoms with Gasteiger partial charge in [-0.25, -0.2) is 4.39 Å². The van der Waals surface area contributed by atoms with Crippen LogP contribution in [-0.2, 0) is 6.61 Å². The van der Waals surface area contributed by atoms with Crippen LogP contribution in [0.25, 0.3) is 6.08 Å². The zero-order valence-electron chi connectivity index (χ0n) is 7.78. The lowest BCUT2D eigenvalue weighted by atomic mass is 10.1. The quantitative estimate of drug-likeness (QED) is 0.735. The molecule has 0 saturated carbocycles. The largest absolute Gasteiger partial charge is 0.392 e. The van der Waals surface area contributed by atoms with Crippen molar-refractivity contribution in [2.24, 2.45) is 0 Å². The molecule has 76 valence electrons. The van der Waals surface area contributed by atoms with E-state index in [2.05, 4.69) is 12.6 Å². The predicted molar refractivity (Wildman–Crippen MR) is 59.8 cm³/mol. The molecule has 1 N–H and O–H groups in total. The number of benzene rings is 1. The van der Waals surface area contributed by atoms with Gasteiger partial charge in [-0.05, 0) is 35.4 Å². The van der Waals surface area contributed by atoms with Crippen LogP contribution in [0.4, 0.5) is 4.39 Å². The van der Waals surface area contributed by atoms with E-state index in [1.54, 1.807) is 6.07 Å². The molecule has 0 fully saturated rings. The van der Waals surface area contributed by atoms with Crippen molar-refractivity contribution >= 4 is 18.7 Å². The second kappa shape index (κ2) is 5.83. The average molecular weight is 212 g/mol. The molecular weight excluding hydrogens is 199 g/mol. The van der Waals surface area contributed by atoms with E-state index in [0.29, 0.717) is 0 Å². The van der Waals surface area contributed by atoms with Gasteiger partial charge in [0, 0.05) is 0 Å². The molecule has 0 aromatic heterocycles. The Kier molecular flexibility index (Phi) is 4.70. The van der Waals surface area contributed by atoms with Gasteiger partial charge < -0.3 is 5.11 Å². The number of allylic oxidation sites excluding steroid dienone is 1. The first-order chi connectivity index (χ1) is 6.77. The summed E-state index contributed by atoms with van der Waals surface area (Å²) in [7, 11) is 0. The van der Waals surface area contributed by atoms with Gasteiger partial charge in [0.2, 0.25) is 0 Å². The van der Waals surface area contributed by atoms with Gasteiger partial charge in [-0.3, -0.25) is 0 Å². The maximum absolute atomic E-state index is 12.9. The van der Waals surface area contributed by atoms with E-state index in [1.165, 1.54) is 12.1 Å². The Labute approximate surface area is 88.7 Å². The van der Waals surface area contributed by atoms with Crippen molar-refractivity contribution in [1.29, 1.82) is 0 Å². The number of aliphatic hydroxyl groups is 1. The van der Waals surface area contributed by atoms with Crippen molar-refractivity contribution in [2.45, 2.75) is 13.0 Å². The standard InChI is InChI=1S/C11H13FOS/c12-11-5-4-10(8-13)9(7-11)3-1-2-6-14/h1,3-5,7,13-14H,2,6,8H2. The van der Waals surface area contributed by atoms with Gasteiger partial charge in [-0.1, -0.05) is 18.2 Å². The summed E-state index contributed by atoms with van der Waals surface area (Å²) in [5, 5.41) is 8.99. The Balaban J connectivity index is 2.87. The lowest BCUT2D eigenvalue weighted by molar-refractivity contribution is 0.281. The molecule has 0 unspecified atom stereocenters. The second-order valence-corrected chi connectivity index (χ2v) is 3.36. The minimum absolute atomic E-state index is 0.0686. The summed E-state index contributed by atoms with van der Waals surface area (Å²) in [5.74, 6) is 0.480. The van der Waals surface area contributed by atoms with Crippen molar-refractivity contribution in [1.82, 2.24) is 0 Å². The molecule has 1 nitrogen and oxygen atoms in total. The smallest absolute Gasteiger partial charge is 0.123 e.